The maximum absolute atomic E-state index is 14.2. The number of hydrogen-bond acceptors (Lipinski definition) is 3. The zero-order valence-electron chi connectivity index (χ0n) is 10.7. The van der Waals surface area contributed by atoms with Gasteiger partial charge >= 0.3 is 0 Å². The Bertz CT molecular complexity index is 1000. The molecule has 0 radical (unpaired) electrons. The molecule has 2 aromatic carbocycles. The van der Waals surface area contributed by atoms with Gasteiger partial charge < -0.3 is 0 Å². The number of anilines is 1. The summed E-state index contributed by atoms with van der Waals surface area (Å²) in [6.07, 6.45) is 1.51. The maximum atomic E-state index is 14.2. The van der Waals surface area contributed by atoms with Crippen LogP contribution in [0.3, 0.4) is 0 Å². The molecule has 1 aliphatic rings. The van der Waals surface area contributed by atoms with Crippen molar-refractivity contribution in [1.82, 2.24) is 4.98 Å². The average Bonchev–Trinajstić information content (AvgIpc) is 2.49. The molecule has 1 aliphatic heterocycles. The second kappa shape index (κ2) is 4.02. The highest BCUT2D eigenvalue weighted by atomic mass is 32.2. The highest BCUT2D eigenvalue weighted by Gasteiger charge is 2.29. The Morgan fingerprint density at radius 2 is 1.86 bits per heavy atom. The Kier molecular flexibility index (Phi) is 2.35. The molecule has 0 saturated carbocycles. The van der Waals surface area contributed by atoms with Gasteiger partial charge in [0, 0.05) is 22.7 Å². The first-order valence-corrected chi connectivity index (χ1v) is 7.76. The van der Waals surface area contributed by atoms with Crippen LogP contribution in [0.4, 0.5) is 10.1 Å². The lowest BCUT2D eigenvalue weighted by atomic mass is 10.0. The van der Waals surface area contributed by atoms with Crippen LogP contribution in [0.1, 0.15) is 0 Å². The second-order valence-electron chi connectivity index (χ2n) is 4.78. The lowest BCUT2D eigenvalue weighted by Crippen LogP contribution is -2.19. The maximum Gasteiger partial charge on any atom is 0.262 e. The van der Waals surface area contributed by atoms with Gasteiger partial charge in [0.1, 0.15) is 5.82 Å². The molecule has 0 bridgehead atoms. The number of nitrogens with zero attached hydrogens (tertiary/aromatic N) is 1. The predicted octanol–water partition coefficient (Wildman–Crippen LogP) is 3.16. The SMILES string of the molecule is O=S1(=O)Nc2c(cc(F)c3cccnc23)-c2ccccc21. The van der Waals surface area contributed by atoms with Crippen molar-refractivity contribution in [2.75, 3.05) is 4.72 Å². The molecule has 0 unspecified atom stereocenters. The zero-order chi connectivity index (χ0) is 14.6. The number of rotatable bonds is 0. The lowest BCUT2D eigenvalue weighted by molar-refractivity contribution is 0.600. The molecule has 4 rings (SSSR count). The van der Waals surface area contributed by atoms with E-state index in [2.05, 4.69) is 9.71 Å². The molecule has 6 heteroatoms. The summed E-state index contributed by atoms with van der Waals surface area (Å²) < 4.78 is 41.4. The van der Waals surface area contributed by atoms with Crippen molar-refractivity contribution in [2.45, 2.75) is 4.90 Å². The Balaban J connectivity index is 2.21. The molecule has 0 fully saturated rings. The number of hydrogen-bond donors (Lipinski definition) is 1. The summed E-state index contributed by atoms with van der Waals surface area (Å²) >= 11 is 0. The van der Waals surface area contributed by atoms with Gasteiger partial charge in [-0.05, 0) is 24.3 Å². The van der Waals surface area contributed by atoms with Crippen LogP contribution in [0, 0.1) is 5.82 Å². The topological polar surface area (TPSA) is 59.1 Å². The van der Waals surface area contributed by atoms with Crippen LogP contribution in [0.25, 0.3) is 22.0 Å². The van der Waals surface area contributed by atoms with Gasteiger partial charge in [0.05, 0.1) is 16.1 Å². The van der Waals surface area contributed by atoms with E-state index >= 15 is 0 Å². The van der Waals surface area contributed by atoms with Gasteiger partial charge in [-0.25, -0.2) is 12.8 Å². The molecular formula is C15H9FN2O2S. The number of pyridine rings is 1. The summed E-state index contributed by atoms with van der Waals surface area (Å²) in [6, 6.07) is 11.1. The van der Waals surface area contributed by atoms with Gasteiger partial charge in [0.15, 0.2) is 0 Å². The first kappa shape index (κ1) is 12.3. The smallest absolute Gasteiger partial charge is 0.262 e. The van der Waals surface area contributed by atoms with Crippen LogP contribution in [-0.2, 0) is 10.0 Å². The third kappa shape index (κ3) is 1.66. The minimum atomic E-state index is -3.67. The molecule has 4 nitrogen and oxygen atoms in total. The summed E-state index contributed by atoms with van der Waals surface area (Å²) in [6.45, 7) is 0. The molecule has 1 aromatic heterocycles. The van der Waals surface area contributed by atoms with Crippen LogP contribution >= 0.6 is 0 Å². The summed E-state index contributed by atoms with van der Waals surface area (Å²) in [5.74, 6) is -0.423. The summed E-state index contributed by atoms with van der Waals surface area (Å²) in [7, 11) is -3.67. The number of benzene rings is 2. The van der Waals surface area contributed by atoms with E-state index < -0.39 is 15.8 Å². The van der Waals surface area contributed by atoms with E-state index in [-0.39, 0.29) is 4.90 Å². The fourth-order valence-corrected chi connectivity index (χ4v) is 3.94. The molecule has 2 heterocycles. The molecule has 1 N–H and O–H groups in total. The third-order valence-electron chi connectivity index (χ3n) is 3.55. The standard InChI is InChI=1S/C15H9FN2O2S/c16-12-8-11-9-4-1-2-6-13(9)21(19,20)18-15(11)14-10(12)5-3-7-17-14/h1-8,18H. The van der Waals surface area contributed by atoms with Gasteiger partial charge in [-0.15, -0.1) is 0 Å². The minimum absolute atomic E-state index is 0.146. The van der Waals surface area contributed by atoms with Crippen molar-refractivity contribution in [2.24, 2.45) is 0 Å². The Morgan fingerprint density at radius 1 is 1.05 bits per heavy atom. The van der Waals surface area contributed by atoms with Crippen LogP contribution < -0.4 is 4.72 Å². The van der Waals surface area contributed by atoms with E-state index in [9.17, 15) is 12.8 Å². The molecule has 21 heavy (non-hydrogen) atoms. The average molecular weight is 300 g/mol. The number of halogens is 1. The normalized spacial score (nSPS) is 15.1. The van der Waals surface area contributed by atoms with Crippen molar-refractivity contribution in [3.63, 3.8) is 0 Å². The highest BCUT2D eigenvalue weighted by molar-refractivity contribution is 7.93. The molecular weight excluding hydrogens is 291 g/mol. The molecule has 0 spiro atoms. The molecule has 104 valence electrons. The van der Waals surface area contributed by atoms with E-state index in [1.807, 2.05) is 0 Å². The Hall–Kier alpha value is -2.47. The summed E-state index contributed by atoms with van der Waals surface area (Å²) in [5.41, 5.74) is 1.62. The second-order valence-corrected chi connectivity index (χ2v) is 6.43. The summed E-state index contributed by atoms with van der Waals surface area (Å²) in [5, 5.41) is 0.290. The van der Waals surface area contributed by atoms with Gasteiger partial charge in [-0.1, -0.05) is 18.2 Å². The summed E-state index contributed by atoms with van der Waals surface area (Å²) in [4.78, 5) is 4.27. The van der Waals surface area contributed by atoms with Gasteiger partial charge in [0.25, 0.3) is 10.0 Å². The number of nitrogens with one attached hydrogen (secondary N) is 1. The van der Waals surface area contributed by atoms with E-state index in [0.29, 0.717) is 27.7 Å². The van der Waals surface area contributed by atoms with Crippen molar-refractivity contribution in [1.29, 1.82) is 0 Å². The van der Waals surface area contributed by atoms with Gasteiger partial charge in [-0.3, -0.25) is 9.71 Å². The zero-order valence-corrected chi connectivity index (χ0v) is 11.5. The van der Waals surface area contributed by atoms with E-state index in [1.165, 1.54) is 18.3 Å². The van der Waals surface area contributed by atoms with Crippen LogP contribution in [-0.4, -0.2) is 13.4 Å². The number of aromatic nitrogens is 1. The van der Waals surface area contributed by atoms with Crippen LogP contribution in [0.2, 0.25) is 0 Å². The fourth-order valence-electron chi connectivity index (χ4n) is 2.63. The van der Waals surface area contributed by atoms with Gasteiger partial charge in [0.2, 0.25) is 0 Å². The van der Waals surface area contributed by atoms with E-state index in [4.69, 9.17) is 0 Å². The molecule has 0 amide bonds. The van der Waals surface area contributed by atoms with Crippen molar-refractivity contribution >= 4 is 26.6 Å². The van der Waals surface area contributed by atoms with Crippen LogP contribution in [0.5, 0.6) is 0 Å². The van der Waals surface area contributed by atoms with E-state index in [0.717, 1.165) is 0 Å². The van der Waals surface area contributed by atoms with Gasteiger partial charge in [-0.2, -0.15) is 0 Å². The first-order valence-electron chi connectivity index (χ1n) is 6.27. The molecule has 0 atom stereocenters. The first-order chi connectivity index (χ1) is 10.1. The Morgan fingerprint density at radius 3 is 2.71 bits per heavy atom. The third-order valence-corrected chi connectivity index (χ3v) is 4.95. The largest absolute Gasteiger partial charge is 0.277 e. The van der Waals surface area contributed by atoms with Crippen LogP contribution in [0.15, 0.2) is 53.6 Å². The van der Waals surface area contributed by atoms with E-state index in [1.54, 1.807) is 30.3 Å². The minimum Gasteiger partial charge on any atom is -0.277 e. The Labute approximate surface area is 120 Å². The predicted molar refractivity (Wildman–Crippen MR) is 77.9 cm³/mol. The molecule has 0 saturated heterocycles. The fraction of sp³-hybridized carbons (Fsp3) is 0. The number of fused-ring (bicyclic) bond motifs is 5. The highest BCUT2D eigenvalue weighted by Crippen LogP contribution is 2.42. The quantitative estimate of drug-likeness (QED) is 0.694. The van der Waals surface area contributed by atoms with Crippen molar-refractivity contribution < 1.29 is 12.8 Å². The lowest BCUT2D eigenvalue weighted by Gasteiger charge is -2.22. The monoisotopic (exact) mass is 300 g/mol. The molecule has 3 aromatic rings. The molecule has 0 aliphatic carbocycles. The van der Waals surface area contributed by atoms with Crippen molar-refractivity contribution in [3.05, 3.63) is 54.5 Å². The number of sulfonamides is 1. The van der Waals surface area contributed by atoms with Crippen molar-refractivity contribution in [3.8, 4) is 11.1 Å².